The number of hydrogen-bond acceptors (Lipinski definition) is 5. The summed E-state index contributed by atoms with van der Waals surface area (Å²) < 4.78 is 43.3. The van der Waals surface area contributed by atoms with Gasteiger partial charge in [0.05, 0.1) is 20.3 Å². The average molecular weight is 445 g/mol. The van der Waals surface area contributed by atoms with Crippen molar-refractivity contribution in [2.75, 3.05) is 27.4 Å². The molecule has 0 saturated carbocycles. The number of rotatable bonds is 6. The molecule has 1 amide bonds. The van der Waals surface area contributed by atoms with Crippen molar-refractivity contribution in [2.45, 2.75) is 12.5 Å². The molecule has 0 N–H and O–H groups in total. The van der Waals surface area contributed by atoms with Gasteiger partial charge in [0.1, 0.15) is 5.82 Å². The Morgan fingerprint density at radius 1 is 1.10 bits per heavy atom. The fourth-order valence-corrected chi connectivity index (χ4v) is 4.64. The average Bonchev–Trinajstić information content (AvgIpc) is 3.31. The minimum atomic E-state index is -0.844. The molecule has 0 saturated heterocycles. The van der Waals surface area contributed by atoms with Gasteiger partial charge in [-0.1, -0.05) is 6.07 Å². The zero-order valence-electron chi connectivity index (χ0n) is 17.1. The molecule has 0 bridgehead atoms. The Bertz CT molecular complexity index is 1090. The van der Waals surface area contributed by atoms with Gasteiger partial charge in [-0.3, -0.25) is 4.79 Å². The molecule has 162 valence electrons. The zero-order valence-corrected chi connectivity index (χ0v) is 17.9. The van der Waals surface area contributed by atoms with Gasteiger partial charge in [0.2, 0.25) is 0 Å². The quantitative estimate of drug-likeness (QED) is 0.557. The van der Waals surface area contributed by atoms with E-state index in [4.69, 9.17) is 14.2 Å². The van der Waals surface area contributed by atoms with Gasteiger partial charge >= 0.3 is 0 Å². The molecule has 1 aliphatic heterocycles. The monoisotopic (exact) mass is 445 g/mol. The van der Waals surface area contributed by atoms with E-state index in [9.17, 15) is 13.6 Å². The molecule has 1 atom stereocenters. The first-order valence-corrected chi connectivity index (χ1v) is 10.5. The molecular formula is C23H21F2NO4S. The van der Waals surface area contributed by atoms with E-state index in [1.807, 2.05) is 29.6 Å². The highest BCUT2D eigenvalue weighted by atomic mass is 32.1. The predicted octanol–water partition coefficient (Wildman–Crippen LogP) is 4.60. The second-order valence-corrected chi connectivity index (χ2v) is 8.00. The number of halogens is 2. The van der Waals surface area contributed by atoms with Crippen LogP contribution in [0.4, 0.5) is 8.78 Å². The molecule has 0 spiro atoms. The molecule has 1 unspecified atom stereocenters. The van der Waals surface area contributed by atoms with Crippen LogP contribution in [0, 0.1) is 11.6 Å². The van der Waals surface area contributed by atoms with Gasteiger partial charge in [-0.2, -0.15) is 0 Å². The van der Waals surface area contributed by atoms with E-state index in [0.717, 1.165) is 28.1 Å². The maximum atomic E-state index is 13.9. The molecule has 31 heavy (non-hydrogen) atoms. The number of ether oxygens (including phenoxy) is 3. The summed E-state index contributed by atoms with van der Waals surface area (Å²) in [6, 6.07) is 10.4. The van der Waals surface area contributed by atoms with Crippen LogP contribution in [0.5, 0.6) is 17.2 Å². The maximum Gasteiger partial charge on any atom is 0.261 e. The molecule has 5 nitrogen and oxygen atoms in total. The van der Waals surface area contributed by atoms with E-state index >= 15 is 0 Å². The van der Waals surface area contributed by atoms with Gasteiger partial charge in [-0.05, 0) is 53.3 Å². The SMILES string of the molecule is COc1cc2c(cc1OC)C(c1cccs1)N(C(=O)COc1ccc(F)cc1F)CC2. The number of carbonyl (C=O) groups excluding carboxylic acids is 1. The highest BCUT2D eigenvalue weighted by Crippen LogP contribution is 2.42. The summed E-state index contributed by atoms with van der Waals surface area (Å²) in [5.41, 5.74) is 2.03. The summed E-state index contributed by atoms with van der Waals surface area (Å²) in [7, 11) is 3.16. The second kappa shape index (κ2) is 8.93. The molecule has 0 aliphatic carbocycles. The normalized spacial score (nSPS) is 15.4. The number of benzene rings is 2. The Labute approximate surface area is 182 Å². The fourth-order valence-electron chi connectivity index (χ4n) is 3.78. The van der Waals surface area contributed by atoms with Crippen LogP contribution in [0.2, 0.25) is 0 Å². The van der Waals surface area contributed by atoms with E-state index in [1.165, 1.54) is 6.07 Å². The lowest BCUT2D eigenvalue weighted by molar-refractivity contribution is -0.135. The van der Waals surface area contributed by atoms with Gasteiger partial charge in [-0.15, -0.1) is 11.3 Å². The topological polar surface area (TPSA) is 48.0 Å². The van der Waals surface area contributed by atoms with Crippen LogP contribution >= 0.6 is 11.3 Å². The minimum absolute atomic E-state index is 0.161. The third kappa shape index (κ3) is 4.20. The summed E-state index contributed by atoms with van der Waals surface area (Å²) in [4.78, 5) is 15.8. The summed E-state index contributed by atoms with van der Waals surface area (Å²) in [6.07, 6.45) is 0.633. The van der Waals surface area contributed by atoms with Crippen LogP contribution in [0.25, 0.3) is 0 Å². The van der Waals surface area contributed by atoms with Crippen LogP contribution in [0.1, 0.15) is 22.0 Å². The van der Waals surface area contributed by atoms with Crippen molar-refractivity contribution in [1.29, 1.82) is 0 Å². The summed E-state index contributed by atoms with van der Waals surface area (Å²) >= 11 is 1.55. The number of carbonyl (C=O) groups is 1. The van der Waals surface area contributed by atoms with Crippen LogP contribution < -0.4 is 14.2 Å². The van der Waals surface area contributed by atoms with E-state index in [0.29, 0.717) is 24.5 Å². The summed E-state index contributed by atoms with van der Waals surface area (Å²) in [5, 5.41) is 1.96. The Hall–Kier alpha value is -3.13. The van der Waals surface area contributed by atoms with Crippen LogP contribution in [-0.2, 0) is 11.2 Å². The largest absolute Gasteiger partial charge is 0.493 e. The van der Waals surface area contributed by atoms with E-state index < -0.39 is 11.6 Å². The van der Waals surface area contributed by atoms with Crippen molar-refractivity contribution in [1.82, 2.24) is 4.90 Å². The van der Waals surface area contributed by atoms with Gasteiger partial charge in [0, 0.05) is 17.5 Å². The lowest BCUT2D eigenvalue weighted by Crippen LogP contribution is -2.42. The number of hydrogen-bond donors (Lipinski definition) is 0. The lowest BCUT2D eigenvalue weighted by Gasteiger charge is -2.37. The molecule has 2 aromatic carbocycles. The van der Waals surface area contributed by atoms with Gasteiger partial charge < -0.3 is 19.1 Å². The Morgan fingerprint density at radius 2 is 1.87 bits per heavy atom. The lowest BCUT2D eigenvalue weighted by atomic mass is 9.90. The first-order valence-electron chi connectivity index (χ1n) is 9.67. The summed E-state index contributed by atoms with van der Waals surface area (Å²) in [5.74, 6) is -0.772. The van der Waals surface area contributed by atoms with Crippen LogP contribution in [-0.4, -0.2) is 38.2 Å². The van der Waals surface area contributed by atoms with Gasteiger partial charge in [0.15, 0.2) is 29.7 Å². The van der Waals surface area contributed by atoms with E-state index in [-0.39, 0.29) is 24.3 Å². The predicted molar refractivity (Wildman–Crippen MR) is 113 cm³/mol. The second-order valence-electron chi connectivity index (χ2n) is 7.02. The minimum Gasteiger partial charge on any atom is -0.493 e. The molecule has 3 aromatic rings. The third-order valence-electron chi connectivity index (χ3n) is 5.25. The molecule has 8 heteroatoms. The highest BCUT2D eigenvalue weighted by molar-refractivity contribution is 7.10. The number of nitrogens with zero attached hydrogens (tertiary/aromatic N) is 1. The third-order valence-corrected chi connectivity index (χ3v) is 6.18. The molecular weight excluding hydrogens is 424 g/mol. The van der Waals surface area contributed by atoms with Crippen molar-refractivity contribution in [3.05, 3.63) is 75.5 Å². The molecule has 0 fully saturated rings. The summed E-state index contributed by atoms with van der Waals surface area (Å²) in [6.45, 7) is 0.117. The number of amides is 1. The molecule has 0 radical (unpaired) electrons. The first-order chi connectivity index (χ1) is 15.0. The van der Waals surface area contributed by atoms with Crippen molar-refractivity contribution in [2.24, 2.45) is 0 Å². The van der Waals surface area contributed by atoms with E-state index in [1.54, 1.807) is 30.5 Å². The molecule has 1 aromatic heterocycles. The smallest absolute Gasteiger partial charge is 0.261 e. The van der Waals surface area contributed by atoms with Gasteiger partial charge in [0.25, 0.3) is 5.91 Å². The van der Waals surface area contributed by atoms with E-state index in [2.05, 4.69) is 0 Å². The number of thiophene rings is 1. The molecule has 2 heterocycles. The van der Waals surface area contributed by atoms with Crippen LogP contribution in [0.15, 0.2) is 47.8 Å². The van der Waals surface area contributed by atoms with Crippen molar-refractivity contribution >= 4 is 17.2 Å². The Kier molecular flexibility index (Phi) is 6.08. The van der Waals surface area contributed by atoms with Crippen molar-refractivity contribution < 1.29 is 27.8 Å². The fraction of sp³-hybridized carbons (Fsp3) is 0.261. The van der Waals surface area contributed by atoms with Gasteiger partial charge in [-0.25, -0.2) is 8.78 Å². The number of fused-ring (bicyclic) bond motifs is 1. The number of methoxy groups -OCH3 is 2. The molecule has 4 rings (SSSR count). The Morgan fingerprint density at radius 3 is 2.55 bits per heavy atom. The first kappa shape index (κ1) is 21.1. The Balaban J connectivity index is 1.64. The van der Waals surface area contributed by atoms with Crippen molar-refractivity contribution in [3.63, 3.8) is 0 Å². The zero-order chi connectivity index (χ0) is 22.0. The standard InChI is InChI=1S/C23H21F2NO4S/c1-28-19-10-14-7-8-26(22(27)13-30-18-6-5-15(24)11-17(18)25)23(21-4-3-9-31-21)16(14)12-20(19)29-2/h3-6,9-12,23H,7-8,13H2,1-2H3. The molecule has 1 aliphatic rings. The van der Waals surface area contributed by atoms with Crippen LogP contribution in [0.3, 0.4) is 0 Å². The van der Waals surface area contributed by atoms with Crippen molar-refractivity contribution in [3.8, 4) is 17.2 Å². The highest BCUT2D eigenvalue weighted by Gasteiger charge is 2.34. The maximum absolute atomic E-state index is 13.9.